The molecule has 3 N–H and O–H groups in total. The molecule has 8 heteroatoms. The van der Waals surface area contributed by atoms with Crippen molar-refractivity contribution in [3.8, 4) is 5.75 Å². The predicted molar refractivity (Wildman–Crippen MR) is 104 cm³/mol. The largest absolute Gasteiger partial charge is 0.495 e. The molecule has 1 aliphatic heterocycles. The Morgan fingerprint density at radius 1 is 1.14 bits per heavy atom. The van der Waals surface area contributed by atoms with Crippen molar-refractivity contribution >= 4 is 29.1 Å². The van der Waals surface area contributed by atoms with E-state index < -0.39 is 6.04 Å². The van der Waals surface area contributed by atoms with Crippen LogP contribution in [0.25, 0.3) is 0 Å². The molecule has 1 atom stereocenters. The summed E-state index contributed by atoms with van der Waals surface area (Å²) in [5, 5.41) is 8.15. The van der Waals surface area contributed by atoms with Crippen LogP contribution in [0.1, 0.15) is 15.9 Å². The maximum atomic E-state index is 12.6. The maximum absolute atomic E-state index is 12.6. The van der Waals surface area contributed by atoms with E-state index >= 15 is 0 Å². The van der Waals surface area contributed by atoms with Crippen molar-refractivity contribution in [2.24, 2.45) is 0 Å². The number of carbonyl (C=O) groups excluding carboxylic acids is 3. The molecular weight excluding hydrogens is 362 g/mol. The number of hydrogen-bond donors (Lipinski definition) is 3. The normalized spacial score (nSPS) is 15.2. The van der Waals surface area contributed by atoms with E-state index in [1.807, 2.05) is 12.1 Å². The van der Waals surface area contributed by atoms with Crippen LogP contribution in [0.3, 0.4) is 0 Å². The highest BCUT2D eigenvalue weighted by molar-refractivity contribution is 6.04. The number of ether oxygens (including phenoxy) is 2. The van der Waals surface area contributed by atoms with Crippen molar-refractivity contribution in [3.63, 3.8) is 0 Å². The van der Waals surface area contributed by atoms with E-state index in [2.05, 4.69) is 16.0 Å². The van der Waals surface area contributed by atoms with Gasteiger partial charge in [-0.25, -0.2) is 0 Å². The minimum absolute atomic E-state index is 0.104. The van der Waals surface area contributed by atoms with Crippen LogP contribution in [0.2, 0.25) is 0 Å². The average molecular weight is 383 g/mol. The Kier molecular flexibility index (Phi) is 5.90. The second kappa shape index (κ2) is 8.53. The average Bonchev–Trinajstić information content (AvgIpc) is 2.68. The van der Waals surface area contributed by atoms with Crippen LogP contribution in [-0.4, -0.2) is 44.6 Å². The van der Waals surface area contributed by atoms with Gasteiger partial charge in [0.25, 0.3) is 5.91 Å². The molecule has 0 bridgehead atoms. The van der Waals surface area contributed by atoms with Gasteiger partial charge in [0.15, 0.2) is 0 Å². The van der Waals surface area contributed by atoms with E-state index in [0.29, 0.717) is 29.1 Å². The number of hydrogen-bond acceptors (Lipinski definition) is 5. The summed E-state index contributed by atoms with van der Waals surface area (Å²) in [6, 6.07) is 11.4. The van der Waals surface area contributed by atoms with Gasteiger partial charge in [0.2, 0.25) is 11.8 Å². The molecule has 2 aromatic rings. The second-order valence-corrected chi connectivity index (χ2v) is 6.27. The highest BCUT2D eigenvalue weighted by Crippen LogP contribution is 2.28. The van der Waals surface area contributed by atoms with Gasteiger partial charge in [-0.15, -0.1) is 0 Å². The Balaban J connectivity index is 1.74. The predicted octanol–water partition coefficient (Wildman–Crippen LogP) is 1.57. The zero-order valence-electron chi connectivity index (χ0n) is 15.6. The number of rotatable bonds is 6. The molecule has 1 unspecified atom stereocenters. The van der Waals surface area contributed by atoms with Gasteiger partial charge in [-0.1, -0.05) is 18.2 Å². The van der Waals surface area contributed by atoms with Crippen molar-refractivity contribution in [1.82, 2.24) is 5.32 Å². The van der Waals surface area contributed by atoms with E-state index in [4.69, 9.17) is 9.47 Å². The molecule has 0 saturated carbocycles. The van der Waals surface area contributed by atoms with Crippen LogP contribution in [0, 0.1) is 0 Å². The first-order valence-electron chi connectivity index (χ1n) is 8.68. The molecule has 0 fully saturated rings. The quantitative estimate of drug-likeness (QED) is 0.702. The summed E-state index contributed by atoms with van der Waals surface area (Å²) in [4.78, 5) is 36.6. The molecule has 0 radical (unpaired) electrons. The smallest absolute Gasteiger partial charge is 0.252 e. The highest BCUT2D eigenvalue weighted by atomic mass is 16.5. The van der Waals surface area contributed by atoms with Crippen LogP contribution in [0.5, 0.6) is 5.75 Å². The molecule has 3 amide bonds. The van der Waals surface area contributed by atoms with E-state index in [-0.39, 0.29) is 24.3 Å². The lowest BCUT2D eigenvalue weighted by Crippen LogP contribution is -2.48. The fourth-order valence-electron chi connectivity index (χ4n) is 3.02. The van der Waals surface area contributed by atoms with Gasteiger partial charge in [-0.3, -0.25) is 14.4 Å². The van der Waals surface area contributed by atoms with Crippen LogP contribution in [0.15, 0.2) is 42.5 Å². The third kappa shape index (κ3) is 4.29. The van der Waals surface area contributed by atoms with Gasteiger partial charge in [0.1, 0.15) is 18.4 Å². The van der Waals surface area contributed by atoms with Crippen LogP contribution < -0.4 is 20.7 Å². The molecule has 28 heavy (non-hydrogen) atoms. The number of anilines is 2. The summed E-state index contributed by atoms with van der Waals surface area (Å²) < 4.78 is 10.0. The Morgan fingerprint density at radius 2 is 1.93 bits per heavy atom. The van der Waals surface area contributed by atoms with Gasteiger partial charge >= 0.3 is 0 Å². The van der Waals surface area contributed by atoms with Crippen molar-refractivity contribution in [1.29, 1.82) is 0 Å². The molecule has 0 spiro atoms. The molecule has 1 aliphatic rings. The molecule has 2 aromatic carbocycles. The first kappa shape index (κ1) is 19.4. The van der Waals surface area contributed by atoms with Crippen molar-refractivity contribution in [2.45, 2.75) is 12.5 Å². The van der Waals surface area contributed by atoms with Gasteiger partial charge in [-0.2, -0.15) is 0 Å². The Labute approximate surface area is 162 Å². The van der Waals surface area contributed by atoms with Crippen molar-refractivity contribution < 1.29 is 23.9 Å². The van der Waals surface area contributed by atoms with Gasteiger partial charge < -0.3 is 25.4 Å². The van der Waals surface area contributed by atoms with Crippen LogP contribution in [0.4, 0.5) is 11.4 Å². The topological polar surface area (TPSA) is 106 Å². The van der Waals surface area contributed by atoms with E-state index in [1.54, 1.807) is 30.3 Å². The minimum Gasteiger partial charge on any atom is -0.495 e. The third-order valence-corrected chi connectivity index (χ3v) is 4.32. The Morgan fingerprint density at radius 3 is 2.68 bits per heavy atom. The summed E-state index contributed by atoms with van der Waals surface area (Å²) >= 11 is 0. The highest BCUT2D eigenvalue weighted by Gasteiger charge is 2.28. The van der Waals surface area contributed by atoms with Gasteiger partial charge in [-0.05, 0) is 29.8 Å². The summed E-state index contributed by atoms with van der Waals surface area (Å²) in [5.74, 6) is -0.519. The SMILES string of the molecule is COCC(=O)Nc1cc(NC(=O)C2Cc3ccccc3C(=O)N2)ccc1OC. The summed E-state index contributed by atoms with van der Waals surface area (Å²) in [7, 11) is 2.90. The summed E-state index contributed by atoms with van der Waals surface area (Å²) in [6.07, 6.45) is 0.404. The number of fused-ring (bicyclic) bond motifs is 1. The lowest BCUT2D eigenvalue weighted by atomic mass is 9.95. The molecular formula is C20H21N3O5. The zero-order chi connectivity index (χ0) is 20.1. The van der Waals surface area contributed by atoms with Gasteiger partial charge in [0, 0.05) is 24.8 Å². The number of amides is 3. The lowest BCUT2D eigenvalue weighted by Gasteiger charge is -2.25. The minimum atomic E-state index is -0.684. The molecule has 146 valence electrons. The van der Waals surface area contributed by atoms with Crippen LogP contribution in [-0.2, 0) is 20.7 Å². The number of carbonyl (C=O) groups is 3. The van der Waals surface area contributed by atoms with E-state index in [1.165, 1.54) is 14.2 Å². The van der Waals surface area contributed by atoms with Crippen molar-refractivity contribution in [2.75, 3.05) is 31.5 Å². The fourth-order valence-corrected chi connectivity index (χ4v) is 3.02. The number of methoxy groups -OCH3 is 2. The number of benzene rings is 2. The lowest BCUT2D eigenvalue weighted by molar-refractivity contribution is -0.119. The molecule has 1 heterocycles. The monoisotopic (exact) mass is 383 g/mol. The second-order valence-electron chi connectivity index (χ2n) is 6.27. The molecule has 0 saturated heterocycles. The maximum Gasteiger partial charge on any atom is 0.252 e. The Hall–Kier alpha value is -3.39. The van der Waals surface area contributed by atoms with Crippen molar-refractivity contribution in [3.05, 3.63) is 53.6 Å². The summed E-state index contributed by atoms with van der Waals surface area (Å²) in [5.41, 5.74) is 2.28. The Bertz CT molecular complexity index is 912. The first-order chi connectivity index (χ1) is 13.5. The van der Waals surface area contributed by atoms with Crippen LogP contribution >= 0.6 is 0 Å². The molecule has 8 nitrogen and oxygen atoms in total. The third-order valence-electron chi connectivity index (χ3n) is 4.32. The molecule has 3 rings (SSSR count). The number of nitrogens with one attached hydrogen (secondary N) is 3. The first-order valence-corrected chi connectivity index (χ1v) is 8.68. The fraction of sp³-hybridized carbons (Fsp3) is 0.250. The summed E-state index contributed by atoms with van der Waals surface area (Å²) in [6.45, 7) is -0.104. The van der Waals surface area contributed by atoms with Gasteiger partial charge in [0.05, 0.1) is 12.8 Å². The van der Waals surface area contributed by atoms with E-state index in [9.17, 15) is 14.4 Å². The standard InChI is InChI=1S/C20H21N3O5/c1-27-11-18(24)22-15-10-13(7-8-17(15)28-2)21-20(26)16-9-12-5-3-4-6-14(12)19(25)23-16/h3-8,10,16H,9,11H2,1-2H3,(H,21,26)(H,22,24)(H,23,25). The zero-order valence-corrected chi connectivity index (χ0v) is 15.6. The molecule has 0 aliphatic carbocycles. The van der Waals surface area contributed by atoms with E-state index in [0.717, 1.165) is 5.56 Å². The molecule has 0 aromatic heterocycles.